The predicted octanol–water partition coefficient (Wildman–Crippen LogP) is 5.39. The van der Waals surface area contributed by atoms with Crippen LogP contribution in [0.25, 0.3) is 39.2 Å². The molecule has 0 spiro atoms. The van der Waals surface area contributed by atoms with Crippen molar-refractivity contribution >= 4 is 34.8 Å². The molecule has 0 radical (unpaired) electrons. The molecule has 7 rings (SSSR count). The number of halogens is 2. The number of carbonyl (C=O) groups excluding carboxylic acids is 1. The van der Waals surface area contributed by atoms with Crippen molar-refractivity contribution in [3.05, 3.63) is 105 Å². The smallest absolute Gasteiger partial charge is 0.262 e. The molecule has 3 aromatic heterocycles. The number of nitrogens with one attached hydrogen (secondary N) is 3. The van der Waals surface area contributed by atoms with Crippen LogP contribution in [0.1, 0.15) is 36.8 Å². The van der Waals surface area contributed by atoms with Gasteiger partial charge in [-0.05, 0) is 43.0 Å². The Morgan fingerprint density at radius 2 is 1.69 bits per heavy atom. The molecule has 1 aliphatic heterocycles. The van der Waals surface area contributed by atoms with E-state index < -0.39 is 0 Å². The van der Waals surface area contributed by atoms with E-state index in [2.05, 4.69) is 20.9 Å². The minimum absolute atomic E-state index is 0.0629. The van der Waals surface area contributed by atoms with Crippen molar-refractivity contribution in [3.8, 4) is 39.4 Å². The summed E-state index contributed by atoms with van der Waals surface area (Å²) in [6.45, 7) is 1.53. The van der Waals surface area contributed by atoms with Crippen LogP contribution in [0, 0.1) is 0 Å². The van der Waals surface area contributed by atoms with Gasteiger partial charge >= 0.3 is 0 Å². The van der Waals surface area contributed by atoms with E-state index in [9.17, 15) is 14.7 Å². The van der Waals surface area contributed by atoms with Crippen LogP contribution in [-0.2, 0) is 17.9 Å². The summed E-state index contributed by atoms with van der Waals surface area (Å²) in [5, 5.41) is 20.2. The molecular formula is C37H36Cl2N6O4. The molecule has 4 heterocycles. The highest BCUT2D eigenvalue weighted by molar-refractivity contribution is 6.39. The fourth-order valence-electron chi connectivity index (χ4n) is 6.45. The number of fused-ring (bicyclic) bond motifs is 1. The maximum atomic E-state index is 13.2. The molecule has 2 fully saturated rings. The fraction of sp³-hybridized carbons (Fsp3) is 0.297. The lowest BCUT2D eigenvalue weighted by Gasteiger charge is -2.32. The van der Waals surface area contributed by atoms with E-state index in [1.54, 1.807) is 19.5 Å². The Balaban J connectivity index is 1.12. The molecule has 1 atom stereocenters. The first-order chi connectivity index (χ1) is 23.8. The van der Waals surface area contributed by atoms with E-state index in [0.29, 0.717) is 64.9 Å². The maximum Gasteiger partial charge on any atom is 0.262 e. The van der Waals surface area contributed by atoms with Crippen molar-refractivity contribution in [1.82, 2.24) is 30.3 Å². The molecular weight excluding hydrogens is 663 g/mol. The Kier molecular flexibility index (Phi) is 9.66. The zero-order chi connectivity index (χ0) is 34.1. The van der Waals surface area contributed by atoms with Gasteiger partial charge in [0.1, 0.15) is 5.65 Å². The number of amides is 1. The minimum atomic E-state index is -0.221. The first kappa shape index (κ1) is 33.2. The second kappa shape index (κ2) is 14.3. The number of aliphatic hydroxyl groups excluding tert-OH is 1. The summed E-state index contributed by atoms with van der Waals surface area (Å²) < 4.78 is 7.15. The summed E-state index contributed by atoms with van der Waals surface area (Å²) >= 11 is 14.2. The number of aromatic nitrogens is 3. The standard InChI is InChI=1S/C37H36Cl2N6O4/c1-49-36-22(18-41-25-15-26(46)16-25)8-10-31(44-36)30-7-3-6-29(35(30)39)28-5-2-4-27(34(28)38)21-12-13-45-32(14-21)42-19-23(37(45)48)17-40-20-24-9-11-33(47)43-24/h2-8,10,12-14,19,24-26,40-41,46H,9,11,15-18,20H2,1H3,(H,43,47)/t24-,25-,26-/m1/s1. The van der Waals surface area contributed by atoms with Crippen molar-refractivity contribution < 1.29 is 14.6 Å². The van der Waals surface area contributed by atoms with Crippen LogP contribution in [0.5, 0.6) is 5.88 Å². The first-order valence-electron chi connectivity index (χ1n) is 16.3. The van der Waals surface area contributed by atoms with E-state index >= 15 is 0 Å². The van der Waals surface area contributed by atoms with E-state index in [4.69, 9.17) is 32.9 Å². The molecule has 5 aromatic rings. The second-order valence-electron chi connectivity index (χ2n) is 12.6. The van der Waals surface area contributed by atoms with Gasteiger partial charge in [0.15, 0.2) is 0 Å². The van der Waals surface area contributed by atoms with Crippen molar-refractivity contribution in [2.45, 2.75) is 57.0 Å². The molecule has 10 nitrogen and oxygen atoms in total. The molecule has 1 amide bonds. The average molecular weight is 700 g/mol. The third-order valence-corrected chi connectivity index (χ3v) is 10.1. The van der Waals surface area contributed by atoms with Crippen LogP contribution < -0.4 is 26.2 Å². The van der Waals surface area contributed by atoms with Gasteiger partial charge in [-0.1, -0.05) is 65.7 Å². The number of aliphatic hydroxyl groups is 1. The molecule has 1 saturated heterocycles. The number of hydrogen-bond acceptors (Lipinski definition) is 8. The Morgan fingerprint density at radius 3 is 2.41 bits per heavy atom. The van der Waals surface area contributed by atoms with Crippen LogP contribution >= 0.6 is 23.2 Å². The number of hydrogen-bond donors (Lipinski definition) is 4. The Morgan fingerprint density at radius 1 is 0.959 bits per heavy atom. The van der Waals surface area contributed by atoms with Crippen LogP contribution in [0.4, 0.5) is 0 Å². The monoisotopic (exact) mass is 698 g/mol. The van der Waals surface area contributed by atoms with Crippen molar-refractivity contribution in [3.63, 3.8) is 0 Å². The van der Waals surface area contributed by atoms with Gasteiger partial charge in [0, 0.05) is 83.9 Å². The summed E-state index contributed by atoms with van der Waals surface area (Å²) in [6, 6.07) is 19.5. The van der Waals surface area contributed by atoms with Gasteiger partial charge in [-0.3, -0.25) is 14.0 Å². The molecule has 1 aliphatic carbocycles. The SMILES string of the molecule is COc1nc(-c2cccc(-c3cccc(-c4ccn5c(=O)c(CNC[C@H]6CCC(=O)N6)cnc5c4)c3Cl)c2Cl)ccc1CN[C@H]1C[C@H](O)C1. The number of pyridine rings is 2. The van der Waals surface area contributed by atoms with Gasteiger partial charge in [0.25, 0.3) is 5.56 Å². The number of ether oxygens (including phenoxy) is 1. The molecule has 4 N–H and O–H groups in total. The number of methoxy groups -OCH3 is 1. The topological polar surface area (TPSA) is 130 Å². The highest BCUT2D eigenvalue weighted by atomic mass is 35.5. The Labute approximate surface area is 293 Å². The Hall–Kier alpha value is -4.32. The fourth-order valence-corrected chi connectivity index (χ4v) is 7.12. The third kappa shape index (κ3) is 6.92. The summed E-state index contributed by atoms with van der Waals surface area (Å²) in [5.74, 6) is 0.575. The first-order valence-corrected chi connectivity index (χ1v) is 17.1. The van der Waals surface area contributed by atoms with Crippen molar-refractivity contribution in [2.75, 3.05) is 13.7 Å². The lowest BCUT2D eigenvalue weighted by molar-refractivity contribution is -0.119. The van der Waals surface area contributed by atoms with Crippen LogP contribution in [0.2, 0.25) is 10.0 Å². The zero-order valence-corrected chi connectivity index (χ0v) is 28.4. The van der Waals surface area contributed by atoms with Gasteiger partial charge in [-0.15, -0.1) is 0 Å². The van der Waals surface area contributed by atoms with Gasteiger partial charge in [-0.25, -0.2) is 9.97 Å². The quantitative estimate of drug-likeness (QED) is 0.145. The van der Waals surface area contributed by atoms with Gasteiger partial charge in [-0.2, -0.15) is 0 Å². The second-order valence-corrected chi connectivity index (χ2v) is 13.3. The summed E-state index contributed by atoms with van der Waals surface area (Å²) in [5.41, 5.74) is 6.31. The van der Waals surface area contributed by atoms with Crippen LogP contribution in [-0.4, -0.2) is 57.2 Å². The average Bonchev–Trinajstić information content (AvgIpc) is 3.52. The van der Waals surface area contributed by atoms with E-state index in [0.717, 1.165) is 52.6 Å². The lowest BCUT2D eigenvalue weighted by Crippen LogP contribution is -2.43. The van der Waals surface area contributed by atoms with Gasteiger partial charge in [0.2, 0.25) is 11.8 Å². The largest absolute Gasteiger partial charge is 0.481 e. The molecule has 0 bridgehead atoms. The van der Waals surface area contributed by atoms with E-state index in [1.165, 1.54) is 4.40 Å². The van der Waals surface area contributed by atoms with Crippen LogP contribution in [0.3, 0.4) is 0 Å². The number of benzene rings is 2. The maximum absolute atomic E-state index is 13.2. The van der Waals surface area contributed by atoms with E-state index in [1.807, 2.05) is 60.7 Å². The van der Waals surface area contributed by atoms with Gasteiger partial charge in [0.05, 0.1) is 29.0 Å². The number of rotatable bonds is 11. The normalized spacial score (nSPS) is 18.8. The summed E-state index contributed by atoms with van der Waals surface area (Å²) in [7, 11) is 1.60. The highest BCUT2D eigenvalue weighted by Gasteiger charge is 2.27. The van der Waals surface area contributed by atoms with Crippen molar-refractivity contribution in [2.24, 2.45) is 0 Å². The molecule has 2 aliphatic rings. The number of carbonyl (C=O) groups is 1. The molecule has 12 heteroatoms. The molecule has 49 heavy (non-hydrogen) atoms. The summed E-state index contributed by atoms with van der Waals surface area (Å²) in [6.07, 6.45) is 5.92. The minimum Gasteiger partial charge on any atom is -0.481 e. The zero-order valence-electron chi connectivity index (χ0n) is 26.9. The van der Waals surface area contributed by atoms with Crippen LogP contribution in [0.15, 0.2) is 77.9 Å². The van der Waals surface area contributed by atoms with Crippen molar-refractivity contribution in [1.29, 1.82) is 0 Å². The lowest BCUT2D eigenvalue weighted by atomic mass is 9.89. The Bertz CT molecular complexity index is 2100. The molecule has 2 aromatic carbocycles. The number of nitrogens with zero attached hydrogens (tertiary/aromatic N) is 3. The van der Waals surface area contributed by atoms with E-state index in [-0.39, 0.29) is 23.6 Å². The van der Waals surface area contributed by atoms with Gasteiger partial charge < -0.3 is 25.8 Å². The molecule has 252 valence electrons. The highest BCUT2D eigenvalue weighted by Crippen LogP contribution is 2.42. The molecule has 1 saturated carbocycles. The molecule has 0 unspecified atom stereocenters. The predicted molar refractivity (Wildman–Crippen MR) is 191 cm³/mol. The summed E-state index contributed by atoms with van der Waals surface area (Å²) in [4.78, 5) is 34.0. The third-order valence-electron chi connectivity index (χ3n) is 9.27.